The molecule has 0 aromatic carbocycles. The molecule has 1 atom stereocenters. The molecule has 0 amide bonds. The second kappa shape index (κ2) is 5.78. The van der Waals surface area contributed by atoms with E-state index in [4.69, 9.17) is 5.26 Å². The molecule has 1 unspecified atom stereocenters. The van der Waals surface area contributed by atoms with Crippen molar-refractivity contribution in [1.82, 2.24) is 14.9 Å². The number of nitriles is 1. The largest absolute Gasteiger partial charge is 0.354 e. The zero-order valence-corrected chi connectivity index (χ0v) is 10.9. The topological polar surface area (TPSA) is 64.8 Å². The van der Waals surface area contributed by atoms with Crippen LogP contribution in [0.1, 0.15) is 26.0 Å². The van der Waals surface area contributed by atoms with Gasteiger partial charge in [0.1, 0.15) is 11.8 Å². The van der Waals surface area contributed by atoms with Crippen LogP contribution in [-0.4, -0.2) is 40.5 Å². The Bertz CT molecular complexity index is 437. The minimum absolute atomic E-state index is 0.405. The van der Waals surface area contributed by atoms with Gasteiger partial charge in [-0.2, -0.15) is 5.26 Å². The maximum absolute atomic E-state index is 8.76. The van der Waals surface area contributed by atoms with Crippen LogP contribution in [0.4, 0.5) is 5.95 Å². The highest BCUT2D eigenvalue weighted by Gasteiger charge is 2.23. The number of nitrogens with one attached hydrogen (secondary N) is 1. The van der Waals surface area contributed by atoms with E-state index in [1.54, 1.807) is 12.3 Å². The van der Waals surface area contributed by atoms with Gasteiger partial charge in [-0.3, -0.25) is 0 Å². The first-order valence-electron chi connectivity index (χ1n) is 6.40. The molecule has 1 aliphatic heterocycles. The molecule has 1 N–H and O–H groups in total. The highest BCUT2D eigenvalue weighted by atomic mass is 15.2. The Hall–Kier alpha value is -1.67. The van der Waals surface area contributed by atoms with Crippen LogP contribution in [0.25, 0.3) is 0 Å². The smallest absolute Gasteiger partial charge is 0.223 e. The van der Waals surface area contributed by atoms with Crippen LogP contribution in [0.2, 0.25) is 0 Å². The summed E-state index contributed by atoms with van der Waals surface area (Å²) in [6, 6.07) is 4.25. The molecule has 1 aliphatic rings. The predicted octanol–water partition coefficient (Wildman–Crippen LogP) is 1.49. The molecule has 18 heavy (non-hydrogen) atoms. The lowest BCUT2D eigenvalue weighted by Crippen LogP contribution is -2.29. The van der Waals surface area contributed by atoms with Gasteiger partial charge in [0.15, 0.2) is 0 Å². The number of nitrogens with zero attached hydrogens (tertiary/aromatic N) is 4. The second-order valence-electron chi connectivity index (χ2n) is 5.00. The van der Waals surface area contributed by atoms with Crippen molar-refractivity contribution in [1.29, 1.82) is 5.26 Å². The van der Waals surface area contributed by atoms with E-state index >= 15 is 0 Å². The first kappa shape index (κ1) is 12.8. The third kappa shape index (κ3) is 3.17. The van der Waals surface area contributed by atoms with Crippen LogP contribution >= 0.6 is 0 Å². The van der Waals surface area contributed by atoms with Crippen molar-refractivity contribution in [2.45, 2.75) is 26.3 Å². The number of rotatable bonds is 4. The molecule has 1 aromatic heterocycles. The van der Waals surface area contributed by atoms with E-state index < -0.39 is 0 Å². The molecule has 96 valence electrons. The van der Waals surface area contributed by atoms with Crippen molar-refractivity contribution >= 4 is 5.95 Å². The highest BCUT2D eigenvalue weighted by molar-refractivity contribution is 5.30. The lowest BCUT2D eigenvalue weighted by Gasteiger charge is -2.20. The molecule has 1 saturated heterocycles. The Morgan fingerprint density at radius 2 is 2.44 bits per heavy atom. The number of hydrogen-bond acceptors (Lipinski definition) is 5. The predicted molar refractivity (Wildman–Crippen MR) is 70.1 cm³/mol. The van der Waals surface area contributed by atoms with Gasteiger partial charge in [-0.05, 0) is 38.8 Å². The molecule has 1 fully saturated rings. The number of aromatic nitrogens is 2. The first-order chi connectivity index (χ1) is 8.69. The molecule has 2 heterocycles. The van der Waals surface area contributed by atoms with Crippen LogP contribution < -0.4 is 5.32 Å². The molecule has 1 aromatic rings. The highest BCUT2D eigenvalue weighted by Crippen LogP contribution is 2.18. The van der Waals surface area contributed by atoms with Gasteiger partial charge in [-0.15, -0.1) is 0 Å². The van der Waals surface area contributed by atoms with Crippen molar-refractivity contribution in [3.05, 3.63) is 18.0 Å². The summed E-state index contributed by atoms with van der Waals surface area (Å²) in [6.07, 6.45) is 2.83. The Labute approximate surface area is 108 Å². The average molecular weight is 245 g/mol. The standard InChI is InChI=1S/C13H19N5/c1-10(2)18-6-4-11(9-18)8-16-13-15-5-3-12(7-14)17-13/h3,5,10-11H,4,6,8-9H2,1-2H3,(H,15,16,17). The summed E-state index contributed by atoms with van der Waals surface area (Å²) in [7, 11) is 0. The lowest BCUT2D eigenvalue weighted by molar-refractivity contribution is 0.266. The maximum atomic E-state index is 8.76. The third-order valence-electron chi connectivity index (χ3n) is 3.37. The Balaban J connectivity index is 1.83. The molecule has 0 radical (unpaired) electrons. The second-order valence-corrected chi connectivity index (χ2v) is 5.00. The monoisotopic (exact) mass is 245 g/mol. The summed E-state index contributed by atoms with van der Waals surface area (Å²) >= 11 is 0. The molecule has 5 heteroatoms. The van der Waals surface area contributed by atoms with E-state index in [0.717, 1.165) is 13.1 Å². The molecular formula is C13H19N5. The zero-order chi connectivity index (χ0) is 13.0. The van der Waals surface area contributed by atoms with Gasteiger partial charge in [0.25, 0.3) is 0 Å². The summed E-state index contributed by atoms with van der Waals surface area (Å²) in [4.78, 5) is 10.7. The van der Waals surface area contributed by atoms with E-state index in [9.17, 15) is 0 Å². The van der Waals surface area contributed by atoms with Gasteiger partial charge >= 0.3 is 0 Å². The normalized spacial score (nSPS) is 20.0. The van der Waals surface area contributed by atoms with Gasteiger partial charge in [0.05, 0.1) is 0 Å². The van der Waals surface area contributed by atoms with Crippen LogP contribution in [0.3, 0.4) is 0 Å². The SMILES string of the molecule is CC(C)N1CCC(CNc2nccc(C#N)n2)C1. The summed E-state index contributed by atoms with van der Waals surface area (Å²) < 4.78 is 0. The Morgan fingerprint density at radius 1 is 1.61 bits per heavy atom. The molecule has 0 saturated carbocycles. The minimum atomic E-state index is 0.405. The van der Waals surface area contributed by atoms with Crippen molar-refractivity contribution < 1.29 is 0 Å². The van der Waals surface area contributed by atoms with Crippen molar-refractivity contribution in [3.8, 4) is 6.07 Å². The van der Waals surface area contributed by atoms with Crippen molar-refractivity contribution in [2.75, 3.05) is 25.0 Å². The molecular weight excluding hydrogens is 226 g/mol. The first-order valence-corrected chi connectivity index (χ1v) is 6.40. The van der Waals surface area contributed by atoms with Gasteiger partial charge < -0.3 is 10.2 Å². The van der Waals surface area contributed by atoms with Crippen LogP contribution in [0.5, 0.6) is 0 Å². The molecule has 5 nitrogen and oxygen atoms in total. The van der Waals surface area contributed by atoms with Crippen molar-refractivity contribution in [2.24, 2.45) is 5.92 Å². The minimum Gasteiger partial charge on any atom is -0.354 e. The summed E-state index contributed by atoms with van der Waals surface area (Å²) in [5, 5.41) is 12.0. The third-order valence-corrected chi connectivity index (χ3v) is 3.37. The Morgan fingerprint density at radius 3 is 3.11 bits per heavy atom. The van der Waals surface area contributed by atoms with E-state index in [1.807, 2.05) is 6.07 Å². The zero-order valence-electron chi connectivity index (χ0n) is 10.9. The maximum Gasteiger partial charge on any atom is 0.223 e. The van der Waals surface area contributed by atoms with Gasteiger partial charge in [0.2, 0.25) is 5.95 Å². The van der Waals surface area contributed by atoms with Crippen LogP contribution in [0, 0.1) is 17.2 Å². The van der Waals surface area contributed by atoms with E-state index in [-0.39, 0.29) is 0 Å². The van der Waals surface area contributed by atoms with Gasteiger partial charge in [0, 0.05) is 25.3 Å². The fourth-order valence-electron chi connectivity index (χ4n) is 2.24. The summed E-state index contributed by atoms with van der Waals surface area (Å²) in [5.41, 5.74) is 0.405. The fourth-order valence-corrected chi connectivity index (χ4v) is 2.24. The quantitative estimate of drug-likeness (QED) is 0.870. The van der Waals surface area contributed by atoms with E-state index in [0.29, 0.717) is 23.6 Å². The summed E-state index contributed by atoms with van der Waals surface area (Å²) in [6.45, 7) is 7.63. The molecule has 0 spiro atoms. The Kier molecular flexibility index (Phi) is 4.11. The lowest BCUT2D eigenvalue weighted by atomic mass is 10.1. The van der Waals surface area contributed by atoms with Gasteiger partial charge in [-0.25, -0.2) is 9.97 Å². The number of anilines is 1. The average Bonchev–Trinajstić information content (AvgIpc) is 2.85. The fraction of sp³-hybridized carbons (Fsp3) is 0.615. The van der Waals surface area contributed by atoms with Crippen LogP contribution in [-0.2, 0) is 0 Å². The number of likely N-dealkylation sites (tertiary alicyclic amines) is 1. The molecule has 0 aliphatic carbocycles. The van der Waals surface area contributed by atoms with E-state index in [2.05, 4.69) is 34.0 Å². The summed E-state index contributed by atoms with van der Waals surface area (Å²) in [5.74, 6) is 1.19. The molecule has 2 rings (SSSR count). The number of hydrogen-bond donors (Lipinski definition) is 1. The van der Waals surface area contributed by atoms with E-state index in [1.165, 1.54) is 13.0 Å². The van der Waals surface area contributed by atoms with Crippen molar-refractivity contribution in [3.63, 3.8) is 0 Å². The van der Waals surface area contributed by atoms with Gasteiger partial charge in [-0.1, -0.05) is 0 Å². The van der Waals surface area contributed by atoms with Crippen LogP contribution in [0.15, 0.2) is 12.3 Å². The molecule has 0 bridgehead atoms.